The average Bonchev–Trinajstić information content (AvgIpc) is 3.04. The van der Waals surface area contributed by atoms with Crippen LogP contribution in [0.15, 0.2) is 54.0 Å². The summed E-state index contributed by atoms with van der Waals surface area (Å²) in [7, 11) is 0. The van der Waals surface area contributed by atoms with Crippen LogP contribution < -0.4 is 9.47 Å². The van der Waals surface area contributed by atoms with Crippen molar-refractivity contribution in [2.24, 2.45) is 0 Å². The van der Waals surface area contributed by atoms with Crippen LogP contribution in [0.3, 0.4) is 0 Å². The number of para-hydroxylation sites is 1. The number of benzene rings is 2. The summed E-state index contributed by atoms with van der Waals surface area (Å²) in [4.78, 5) is 37.5. The summed E-state index contributed by atoms with van der Waals surface area (Å²) in [5.41, 5.74) is 1.68. The fourth-order valence-corrected chi connectivity index (χ4v) is 4.26. The topological polar surface area (TPSA) is 99.0 Å². The van der Waals surface area contributed by atoms with E-state index in [0.29, 0.717) is 42.3 Å². The van der Waals surface area contributed by atoms with Crippen molar-refractivity contribution in [3.63, 3.8) is 0 Å². The summed E-state index contributed by atoms with van der Waals surface area (Å²) >= 11 is 0.799. The maximum atomic E-state index is 13.0. The monoisotopic (exact) mass is 468 g/mol. The van der Waals surface area contributed by atoms with Crippen LogP contribution in [0.1, 0.15) is 30.5 Å². The quantitative estimate of drug-likeness (QED) is 0.200. The Morgan fingerprint density at radius 2 is 1.85 bits per heavy atom. The number of nitro benzene ring substituents is 1. The van der Waals surface area contributed by atoms with Crippen LogP contribution >= 0.6 is 11.8 Å². The van der Waals surface area contributed by atoms with Gasteiger partial charge in [0.2, 0.25) is 0 Å². The van der Waals surface area contributed by atoms with E-state index in [4.69, 9.17) is 9.47 Å². The molecule has 8 nitrogen and oxygen atoms in total. The molecule has 1 heterocycles. The van der Waals surface area contributed by atoms with Crippen molar-refractivity contribution in [2.75, 3.05) is 13.2 Å². The standard InChI is InChI=1S/C24H24N2O6S/c1-4-9-17-12-16(13-20(31-5-2)22(17)32-6-3)14-21-23(27)25(24(28)33-21)15-18-10-7-8-11-19(18)26(29)30/h4,7-8,10-14H,1,5-6,9,15H2,2-3H3/b21-14+. The molecule has 0 unspecified atom stereocenters. The van der Waals surface area contributed by atoms with Gasteiger partial charge in [0.05, 0.1) is 29.6 Å². The van der Waals surface area contributed by atoms with Crippen molar-refractivity contribution >= 4 is 34.7 Å². The Bertz CT molecular complexity index is 1130. The maximum absolute atomic E-state index is 13.0. The van der Waals surface area contributed by atoms with Crippen molar-refractivity contribution in [3.8, 4) is 11.5 Å². The molecule has 0 radical (unpaired) electrons. The van der Waals surface area contributed by atoms with Gasteiger partial charge in [-0.3, -0.25) is 24.6 Å². The molecule has 33 heavy (non-hydrogen) atoms. The predicted octanol–water partition coefficient (Wildman–Crippen LogP) is 5.36. The lowest BCUT2D eigenvalue weighted by Crippen LogP contribution is -2.27. The Morgan fingerprint density at radius 3 is 2.52 bits per heavy atom. The Labute approximate surface area is 196 Å². The SMILES string of the molecule is C=CCc1cc(/C=C2/SC(=O)N(Cc3ccccc3[N+](=O)[O-])C2=O)cc(OCC)c1OCC. The summed E-state index contributed by atoms with van der Waals surface area (Å²) < 4.78 is 11.5. The van der Waals surface area contributed by atoms with E-state index in [9.17, 15) is 19.7 Å². The van der Waals surface area contributed by atoms with Gasteiger partial charge in [0.15, 0.2) is 11.5 Å². The molecule has 2 aromatic rings. The van der Waals surface area contributed by atoms with Gasteiger partial charge in [0.1, 0.15) is 0 Å². The zero-order chi connectivity index (χ0) is 24.0. The first-order valence-electron chi connectivity index (χ1n) is 10.4. The van der Waals surface area contributed by atoms with Gasteiger partial charge < -0.3 is 9.47 Å². The van der Waals surface area contributed by atoms with Crippen molar-refractivity contribution in [1.29, 1.82) is 0 Å². The molecule has 172 valence electrons. The largest absolute Gasteiger partial charge is 0.490 e. The van der Waals surface area contributed by atoms with Crippen molar-refractivity contribution in [1.82, 2.24) is 4.90 Å². The Kier molecular flexibility index (Phi) is 7.89. The minimum atomic E-state index is -0.527. The molecule has 2 amide bonds. The van der Waals surface area contributed by atoms with Gasteiger partial charge in [-0.1, -0.05) is 24.3 Å². The lowest BCUT2D eigenvalue weighted by atomic mass is 10.0. The summed E-state index contributed by atoms with van der Waals surface area (Å²) in [6.45, 7) is 8.26. The highest BCUT2D eigenvalue weighted by atomic mass is 32.2. The van der Waals surface area contributed by atoms with Gasteiger partial charge in [0, 0.05) is 17.2 Å². The average molecular weight is 469 g/mol. The van der Waals surface area contributed by atoms with E-state index in [2.05, 4.69) is 6.58 Å². The summed E-state index contributed by atoms with van der Waals surface area (Å²) in [5.74, 6) is 0.672. The van der Waals surface area contributed by atoms with Crippen LogP contribution in [0.25, 0.3) is 6.08 Å². The molecule has 1 fully saturated rings. The molecule has 0 saturated carbocycles. The second-order valence-corrected chi connectivity index (χ2v) is 8.01. The fourth-order valence-electron chi connectivity index (χ4n) is 3.43. The number of nitrogens with zero attached hydrogens (tertiary/aromatic N) is 2. The van der Waals surface area contributed by atoms with Crippen molar-refractivity contribution in [2.45, 2.75) is 26.8 Å². The number of rotatable bonds is 10. The molecule has 3 rings (SSSR count). The number of thioether (sulfide) groups is 1. The number of allylic oxidation sites excluding steroid dienone is 1. The summed E-state index contributed by atoms with van der Waals surface area (Å²) in [5, 5.41) is 10.8. The molecule has 0 atom stereocenters. The molecule has 2 aromatic carbocycles. The summed E-state index contributed by atoms with van der Waals surface area (Å²) in [6, 6.07) is 9.68. The Morgan fingerprint density at radius 1 is 1.12 bits per heavy atom. The van der Waals surface area contributed by atoms with Gasteiger partial charge in [-0.25, -0.2) is 0 Å². The number of nitro groups is 1. The van der Waals surface area contributed by atoms with Crippen LogP contribution in [-0.4, -0.2) is 34.2 Å². The third kappa shape index (κ3) is 5.43. The molecule has 9 heteroatoms. The molecular weight excluding hydrogens is 444 g/mol. The lowest BCUT2D eigenvalue weighted by molar-refractivity contribution is -0.385. The fraction of sp³-hybridized carbons (Fsp3) is 0.250. The van der Waals surface area contributed by atoms with E-state index in [1.54, 1.807) is 24.3 Å². The van der Waals surface area contributed by atoms with Crippen LogP contribution in [-0.2, 0) is 17.8 Å². The smallest absolute Gasteiger partial charge is 0.293 e. The normalized spacial score (nSPS) is 14.6. The third-order valence-electron chi connectivity index (χ3n) is 4.79. The second-order valence-electron chi connectivity index (χ2n) is 7.02. The molecule has 0 bridgehead atoms. The van der Waals surface area contributed by atoms with Crippen LogP contribution in [0.2, 0.25) is 0 Å². The molecule has 0 aromatic heterocycles. The highest BCUT2D eigenvalue weighted by Crippen LogP contribution is 2.38. The highest BCUT2D eigenvalue weighted by Gasteiger charge is 2.36. The van der Waals surface area contributed by atoms with Crippen LogP contribution in [0, 0.1) is 10.1 Å². The number of imide groups is 1. The number of carbonyl (C=O) groups is 2. The lowest BCUT2D eigenvalue weighted by Gasteiger charge is -2.16. The van der Waals surface area contributed by atoms with Crippen LogP contribution in [0.4, 0.5) is 10.5 Å². The van der Waals surface area contributed by atoms with Crippen LogP contribution in [0.5, 0.6) is 11.5 Å². The molecule has 0 spiro atoms. The molecule has 0 aliphatic carbocycles. The summed E-state index contributed by atoms with van der Waals surface area (Å²) in [6.07, 6.45) is 3.91. The first-order chi connectivity index (χ1) is 15.9. The Hall–Kier alpha value is -3.59. The second kappa shape index (κ2) is 10.8. The number of hydrogen-bond acceptors (Lipinski definition) is 7. The Balaban J connectivity index is 1.94. The first-order valence-corrected chi connectivity index (χ1v) is 11.2. The van der Waals surface area contributed by atoms with Crippen molar-refractivity contribution in [3.05, 3.63) is 80.8 Å². The zero-order valence-corrected chi connectivity index (χ0v) is 19.2. The van der Waals surface area contributed by atoms with E-state index in [1.165, 1.54) is 18.2 Å². The van der Waals surface area contributed by atoms with Gasteiger partial charge in [-0.15, -0.1) is 6.58 Å². The highest BCUT2D eigenvalue weighted by molar-refractivity contribution is 8.18. The molecule has 1 saturated heterocycles. The number of ether oxygens (including phenoxy) is 2. The van der Waals surface area contributed by atoms with E-state index in [-0.39, 0.29) is 17.1 Å². The van der Waals surface area contributed by atoms with E-state index in [1.807, 2.05) is 19.9 Å². The minimum absolute atomic E-state index is 0.137. The number of carbonyl (C=O) groups excluding carboxylic acids is 2. The molecule has 1 aliphatic heterocycles. The van der Waals surface area contributed by atoms with E-state index < -0.39 is 16.1 Å². The maximum Gasteiger partial charge on any atom is 0.293 e. The predicted molar refractivity (Wildman–Crippen MR) is 127 cm³/mol. The number of hydrogen-bond donors (Lipinski definition) is 0. The first kappa shape index (κ1) is 24.1. The molecule has 0 N–H and O–H groups in total. The number of amides is 2. The molecule has 1 aliphatic rings. The van der Waals surface area contributed by atoms with Gasteiger partial charge in [-0.2, -0.15) is 0 Å². The molecular formula is C24H24N2O6S. The van der Waals surface area contributed by atoms with Gasteiger partial charge >= 0.3 is 0 Å². The minimum Gasteiger partial charge on any atom is -0.490 e. The van der Waals surface area contributed by atoms with E-state index >= 15 is 0 Å². The van der Waals surface area contributed by atoms with E-state index in [0.717, 1.165) is 22.2 Å². The van der Waals surface area contributed by atoms with Gasteiger partial charge in [-0.05, 0) is 55.8 Å². The third-order valence-corrected chi connectivity index (χ3v) is 5.70. The van der Waals surface area contributed by atoms with Crippen molar-refractivity contribution < 1.29 is 24.0 Å². The van der Waals surface area contributed by atoms with Gasteiger partial charge in [0.25, 0.3) is 16.8 Å². The zero-order valence-electron chi connectivity index (χ0n) is 18.4.